The van der Waals surface area contributed by atoms with Crippen LogP contribution in [0.3, 0.4) is 0 Å². The average molecular weight is 454 g/mol. The zero-order chi connectivity index (χ0) is 19.8. The maximum Gasteiger partial charge on any atom is 0.276 e. The number of carbonyl (C=O) groups is 1. The number of anilines is 1. The number of carbonyl (C=O) groups excluding carboxylic acids is 1. The van der Waals surface area contributed by atoms with Gasteiger partial charge >= 0.3 is 0 Å². The molecule has 1 aliphatic carbocycles. The summed E-state index contributed by atoms with van der Waals surface area (Å²) < 4.78 is 6.32. The summed E-state index contributed by atoms with van der Waals surface area (Å²) in [6.45, 7) is 2.70. The first-order chi connectivity index (χ1) is 14.2. The van der Waals surface area contributed by atoms with Crippen molar-refractivity contribution in [2.45, 2.75) is 19.3 Å². The highest BCUT2D eigenvalue weighted by Gasteiger charge is 2.26. The number of hydrogen-bond acceptors (Lipinski definition) is 6. The molecule has 0 atom stereocenters. The Morgan fingerprint density at radius 2 is 1.86 bits per heavy atom. The van der Waals surface area contributed by atoms with Gasteiger partial charge in [0, 0.05) is 42.3 Å². The molecule has 0 radical (unpaired) electrons. The van der Waals surface area contributed by atoms with Crippen molar-refractivity contribution in [3.05, 3.63) is 57.8 Å². The molecule has 0 N–H and O–H groups in total. The third-order valence-corrected chi connectivity index (χ3v) is 6.26. The maximum atomic E-state index is 12.9. The van der Waals surface area contributed by atoms with Crippen LogP contribution in [0.2, 0.25) is 0 Å². The first-order valence-corrected chi connectivity index (χ1v) is 10.6. The highest BCUT2D eigenvalue weighted by molar-refractivity contribution is 9.10. The Morgan fingerprint density at radius 1 is 1.03 bits per heavy atom. The third kappa shape index (κ3) is 3.53. The van der Waals surface area contributed by atoms with E-state index in [1.807, 2.05) is 29.2 Å². The van der Waals surface area contributed by atoms with Crippen LogP contribution in [0.5, 0.6) is 0 Å². The molecule has 0 unspecified atom stereocenters. The molecule has 1 saturated heterocycles. The number of hydrogen-bond donors (Lipinski definition) is 0. The van der Waals surface area contributed by atoms with E-state index < -0.39 is 0 Å². The molecule has 3 heterocycles. The normalized spacial score (nSPS) is 16.2. The summed E-state index contributed by atoms with van der Waals surface area (Å²) >= 11 is 3.50. The molecule has 0 spiro atoms. The van der Waals surface area contributed by atoms with Crippen LogP contribution in [0.1, 0.15) is 28.2 Å². The number of piperazine rings is 1. The summed E-state index contributed by atoms with van der Waals surface area (Å²) in [7, 11) is 0. The van der Waals surface area contributed by atoms with Gasteiger partial charge in [-0.05, 0) is 43.0 Å². The zero-order valence-electron chi connectivity index (χ0n) is 15.8. The summed E-state index contributed by atoms with van der Waals surface area (Å²) in [5.74, 6) is 1.38. The molecule has 2 aromatic heterocycles. The van der Waals surface area contributed by atoms with Crippen molar-refractivity contribution in [1.82, 2.24) is 20.3 Å². The zero-order valence-corrected chi connectivity index (χ0v) is 17.4. The molecule has 3 aromatic rings. The molecular formula is C21H20BrN5O2. The predicted octanol–water partition coefficient (Wildman–Crippen LogP) is 3.35. The molecule has 8 heteroatoms. The lowest BCUT2D eigenvalue weighted by molar-refractivity contribution is 0.0736. The van der Waals surface area contributed by atoms with Crippen LogP contribution in [0, 0.1) is 0 Å². The Labute approximate surface area is 176 Å². The van der Waals surface area contributed by atoms with Crippen molar-refractivity contribution in [2.75, 3.05) is 31.1 Å². The van der Waals surface area contributed by atoms with Gasteiger partial charge in [0.15, 0.2) is 17.3 Å². The minimum absolute atomic E-state index is 0.105. The Bertz CT molecular complexity index is 1060. The van der Waals surface area contributed by atoms with Crippen LogP contribution in [-0.2, 0) is 12.8 Å². The lowest BCUT2D eigenvalue weighted by Crippen LogP contribution is -2.49. The van der Waals surface area contributed by atoms with Crippen molar-refractivity contribution in [3.8, 4) is 11.3 Å². The molecule has 0 saturated carbocycles. The Kier molecular flexibility index (Phi) is 4.79. The Balaban J connectivity index is 1.25. The van der Waals surface area contributed by atoms with Crippen LogP contribution >= 0.6 is 15.9 Å². The predicted molar refractivity (Wildman–Crippen MR) is 112 cm³/mol. The van der Waals surface area contributed by atoms with Gasteiger partial charge in [-0.15, -0.1) is 5.10 Å². The van der Waals surface area contributed by atoms with Crippen molar-refractivity contribution in [1.29, 1.82) is 0 Å². The second-order valence-corrected chi connectivity index (χ2v) is 8.22. The van der Waals surface area contributed by atoms with E-state index in [1.165, 1.54) is 5.56 Å². The van der Waals surface area contributed by atoms with Gasteiger partial charge in [0.1, 0.15) is 0 Å². The van der Waals surface area contributed by atoms with E-state index >= 15 is 0 Å². The van der Waals surface area contributed by atoms with Crippen molar-refractivity contribution < 1.29 is 9.32 Å². The number of benzene rings is 1. The molecule has 148 valence electrons. The summed E-state index contributed by atoms with van der Waals surface area (Å²) in [6, 6.07) is 11.6. The van der Waals surface area contributed by atoms with E-state index in [1.54, 1.807) is 6.07 Å². The Morgan fingerprint density at radius 3 is 2.69 bits per heavy atom. The number of amides is 1. The van der Waals surface area contributed by atoms with Crippen LogP contribution in [0.25, 0.3) is 11.3 Å². The third-order valence-electron chi connectivity index (χ3n) is 5.57. The second-order valence-electron chi connectivity index (χ2n) is 7.36. The highest BCUT2D eigenvalue weighted by atomic mass is 79.9. The molecule has 29 heavy (non-hydrogen) atoms. The molecule has 7 nitrogen and oxygen atoms in total. The smallest absolute Gasteiger partial charge is 0.276 e. The first kappa shape index (κ1) is 18.3. The van der Waals surface area contributed by atoms with Crippen molar-refractivity contribution in [2.24, 2.45) is 0 Å². The maximum absolute atomic E-state index is 12.9. The number of halogens is 1. The molecule has 1 amide bonds. The summed E-state index contributed by atoms with van der Waals surface area (Å²) in [5, 5.41) is 12.8. The number of aryl methyl sites for hydroxylation is 2. The van der Waals surface area contributed by atoms with Gasteiger partial charge in [0.2, 0.25) is 0 Å². The van der Waals surface area contributed by atoms with Gasteiger partial charge in [-0.3, -0.25) is 4.79 Å². The molecule has 2 aliphatic rings. The number of fused-ring (bicyclic) bond motifs is 1. The fraction of sp³-hybridized carbons (Fsp3) is 0.333. The van der Waals surface area contributed by atoms with Gasteiger partial charge in [-0.25, -0.2) is 0 Å². The van der Waals surface area contributed by atoms with Crippen LogP contribution in [-0.4, -0.2) is 52.3 Å². The van der Waals surface area contributed by atoms with Gasteiger partial charge in [0.05, 0.1) is 5.69 Å². The van der Waals surface area contributed by atoms with E-state index in [0.29, 0.717) is 24.5 Å². The van der Waals surface area contributed by atoms with Gasteiger partial charge in [-0.1, -0.05) is 33.2 Å². The number of nitrogens with zero attached hydrogens (tertiary/aromatic N) is 5. The quantitative estimate of drug-likeness (QED) is 0.605. The van der Waals surface area contributed by atoms with E-state index in [-0.39, 0.29) is 5.91 Å². The fourth-order valence-electron chi connectivity index (χ4n) is 3.94. The lowest BCUT2D eigenvalue weighted by atomic mass is 10.1. The summed E-state index contributed by atoms with van der Waals surface area (Å²) in [4.78, 5) is 16.9. The highest BCUT2D eigenvalue weighted by Crippen LogP contribution is 2.29. The SMILES string of the molecule is O=C(c1cc(-c2ccccc2Br)on1)N1CCN(c2cc3c(nn2)CCC3)CC1. The minimum Gasteiger partial charge on any atom is -0.355 e. The second kappa shape index (κ2) is 7.59. The van der Waals surface area contributed by atoms with Crippen LogP contribution in [0.15, 0.2) is 45.4 Å². The monoisotopic (exact) mass is 453 g/mol. The van der Waals surface area contributed by atoms with E-state index in [2.05, 4.69) is 42.3 Å². The Hall–Kier alpha value is -2.74. The molecule has 1 aromatic carbocycles. The molecule has 0 bridgehead atoms. The molecule has 5 rings (SSSR count). The van der Waals surface area contributed by atoms with E-state index in [9.17, 15) is 4.79 Å². The number of rotatable bonds is 3. The fourth-order valence-corrected chi connectivity index (χ4v) is 4.42. The average Bonchev–Trinajstić information content (AvgIpc) is 3.43. The van der Waals surface area contributed by atoms with E-state index in [0.717, 1.165) is 53.9 Å². The molecular weight excluding hydrogens is 434 g/mol. The molecule has 1 aliphatic heterocycles. The van der Waals surface area contributed by atoms with Gasteiger partial charge in [0.25, 0.3) is 5.91 Å². The van der Waals surface area contributed by atoms with Crippen molar-refractivity contribution >= 4 is 27.7 Å². The first-order valence-electron chi connectivity index (χ1n) is 9.80. The topological polar surface area (TPSA) is 75.4 Å². The van der Waals surface area contributed by atoms with Gasteiger partial charge < -0.3 is 14.3 Å². The number of aromatic nitrogens is 3. The largest absolute Gasteiger partial charge is 0.355 e. The van der Waals surface area contributed by atoms with E-state index in [4.69, 9.17) is 4.52 Å². The summed E-state index contributed by atoms with van der Waals surface area (Å²) in [5.41, 5.74) is 3.66. The summed E-state index contributed by atoms with van der Waals surface area (Å²) in [6.07, 6.45) is 3.28. The van der Waals surface area contributed by atoms with Crippen LogP contribution in [0.4, 0.5) is 5.82 Å². The van der Waals surface area contributed by atoms with Gasteiger partial charge in [-0.2, -0.15) is 5.10 Å². The van der Waals surface area contributed by atoms with Crippen LogP contribution < -0.4 is 4.90 Å². The molecule has 1 fully saturated rings. The standard InChI is InChI=1S/C21H20BrN5O2/c22-16-6-2-1-5-15(16)19-13-18(25-29-19)21(28)27-10-8-26(9-11-27)20-12-14-4-3-7-17(14)23-24-20/h1-2,5-6,12-13H,3-4,7-11H2. The minimum atomic E-state index is -0.105. The van der Waals surface area contributed by atoms with Crippen molar-refractivity contribution in [3.63, 3.8) is 0 Å². The lowest BCUT2D eigenvalue weighted by Gasteiger charge is -2.34.